The minimum absolute atomic E-state index is 0.157. The number of carbonyl (C=O) groups is 1. The van der Waals surface area contributed by atoms with E-state index in [9.17, 15) is 4.79 Å². The summed E-state index contributed by atoms with van der Waals surface area (Å²) in [4.78, 5) is 13.8. The number of urea groups is 1. The maximum absolute atomic E-state index is 12.2. The Balaban J connectivity index is 1.56. The van der Waals surface area contributed by atoms with E-state index >= 15 is 0 Å². The summed E-state index contributed by atoms with van der Waals surface area (Å²) in [5.74, 6) is 1.82. The molecule has 0 unspecified atom stereocenters. The first-order valence-electron chi connectivity index (χ1n) is 7.28. The van der Waals surface area contributed by atoms with Crippen LogP contribution in [0.4, 0.5) is 4.79 Å². The highest BCUT2D eigenvalue weighted by Gasteiger charge is 2.18. The van der Waals surface area contributed by atoms with E-state index in [1.54, 1.807) is 11.9 Å². The van der Waals surface area contributed by atoms with Crippen molar-refractivity contribution in [3.05, 3.63) is 46.5 Å². The van der Waals surface area contributed by atoms with Crippen molar-refractivity contribution < 1.29 is 4.79 Å². The van der Waals surface area contributed by atoms with Crippen molar-refractivity contribution in [1.82, 2.24) is 25.0 Å². The van der Waals surface area contributed by atoms with Gasteiger partial charge in [0.25, 0.3) is 0 Å². The molecule has 0 atom stereocenters. The second kappa shape index (κ2) is 6.36. The maximum Gasteiger partial charge on any atom is 0.317 e. The van der Waals surface area contributed by atoms with E-state index in [1.165, 1.54) is 0 Å². The highest BCUT2D eigenvalue weighted by Crippen LogP contribution is 2.17. The Morgan fingerprint density at radius 2 is 2.23 bits per heavy atom. The van der Waals surface area contributed by atoms with Crippen molar-refractivity contribution >= 4 is 17.6 Å². The number of aryl methyl sites for hydroxylation is 1. The summed E-state index contributed by atoms with van der Waals surface area (Å²) in [6, 6.07) is 7.36. The number of carbonyl (C=O) groups excluding carboxylic acids is 1. The Hall–Kier alpha value is -2.08. The molecule has 3 rings (SSSR count). The summed E-state index contributed by atoms with van der Waals surface area (Å²) >= 11 is 6.12. The molecular formula is C15H18ClN5O. The Morgan fingerprint density at radius 1 is 1.41 bits per heavy atom. The summed E-state index contributed by atoms with van der Waals surface area (Å²) in [6.07, 6.45) is 2.06. The van der Waals surface area contributed by atoms with Gasteiger partial charge in [-0.15, -0.1) is 10.2 Å². The lowest BCUT2D eigenvalue weighted by atomic mass is 10.2. The van der Waals surface area contributed by atoms with Gasteiger partial charge in [0.05, 0.1) is 6.54 Å². The second-order valence-corrected chi connectivity index (χ2v) is 5.80. The van der Waals surface area contributed by atoms with Gasteiger partial charge in [0.1, 0.15) is 5.82 Å². The van der Waals surface area contributed by atoms with Gasteiger partial charge < -0.3 is 14.8 Å². The van der Waals surface area contributed by atoms with Gasteiger partial charge in [-0.3, -0.25) is 0 Å². The van der Waals surface area contributed by atoms with Crippen LogP contribution in [0.3, 0.4) is 0 Å². The van der Waals surface area contributed by atoms with E-state index in [4.69, 9.17) is 11.6 Å². The van der Waals surface area contributed by atoms with Crippen LogP contribution in [0.25, 0.3) is 0 Å². The van der Waals surface area contributed by atoms with E-state index in [0.717, 1.165) is 36.6 Å². The first-order chi connectivity index (χ1) is 10.6. The predicted octanol–water partition coefficient (Wildman–Crippen LogP) is 2.22. The van der Waals surface area contributed by atoms with E-state index in [-0.39, 0.29) is 6.03 Å². The number of halogens is 1. The van der Waals surface area contributed by atoms with E-state index in [1.807, 2.05) is 24.3 Å². The summed E-state index contributed by atoms with van der Waals surface area (Å²) in [5.41, 5.74) is 0.921. The van der Waals surface area contributed by atoms with Crippen LogP contribution in [-0.4, -0.2) is 32.7 Å². The van der Waals surface area contributed by atoms with E-state index in [0.29, 0.717) is 18.1 Å². The van der Waals surface area contributed by atoms with Gasteiger partial charge in [-0.25, -0.2) is 4.79 Å². The summed E-state index contributed by atoms with van der Waals surface area (Å²) < 4.78 is 2.08. The largest absolute Gasteiger partial charge is 0.331 e. The number of nitrogens with zero attached hydrogens (tertiary/aromatic N) is 4. The van der Waals surface area contributed by atoms with Crippen molar-refractivity contribution in [2.24, 2.45) is 0 Å². The van der Waals surface area contributed by atoms with Crippen LogP contribution in [0.15, 0.2) is 24.3 Å². The van der Waals surface area contributed by atoms with Gasteiger partial charge in [-0.05, 0) is 18.1 Å². The highest BCUT2D eigenvalue weighted by molar-refractivity contribution is 6.31. The van der Waals surface area contributed by atoms with Gasteiger partial charge >= 0.3 is 6.03 Å². The third-order valence-electron chi connectivity index (χ3n) is 3.80. The molecule has 1 aromatic carbocycles. The molecule has 0 fully saturated rings. The fourth-order valence-electron chi connectivity index (χ4n) is 2.59. The van der Waals surface area contributed by atoms with Crippen molar-refractivity contribution in [1.29, 1.82) is 0 Å². The lowest BCUT2D eigenvalue weighted by Gasteiger charge is -2.18. The zero-order chi connectivity index (χ0) is 15.5. The molecule has 2 heterocycles. The molecule has 6 nitrogen and oxygen atoms in total. The topological polar surface area (TPSA) is 63.1 Å². The fraction of sp³-hybridized carbons (Fsp3) is 0.400. The van der Waals surface area contributed by atoms with Crippen molar-refractivity contribution in [3.63, 3.8) is 0 Å². The van der Waals surface area contributed by atoms with Gasteiger partial charge in [0.2, 0.25) is 0 Å². The fourth-order valence-corrected chi connectivity index (χ4v) is 2.78. The number of hydrogen-bond donors (Lipinski definition) is 1. The number of nitrogens with one attached hydrogen (secondary N) is 1. The van der Waals surface area contributed by atoms with Crippen LogP contribution >= 0.6 is 11.6 Å². The first kappa shape index (κ1) is 14.8. The lowest BCUT2D eigenvalue weighted by molar-refractivity contribution is 0.206. The average molecular weight is 320 g/mol. The minimum atomic E-state index is -0.157. The Labute approximate surface area is 134 Å². The first-order valence-corrected chi connectivity index (χ1v) is 7.66. The molecule has 1 N–H and O–H groups in total. The molecule has 0 bridgehead atoms. The van der Waals surface area contributed by atoms with Gasteiger partial charge in [-0.2, -0.15) is 0 Å². The average Bonchev–Trinajstić information content (AvgIpc) is 3.10. The van der Waals surface area contributed by atoms with Crippen LogP contribution < -0.4 is 5.32 Å². The molecule has 0 saturated heterocycles. The molecule has 22 heavy (non-hydrogen) atoms. The van der Waals surface area contributed by atoms with Crippen LogP contribution in [0, 0.1) is 0 Å². The number of aromatic nitrogens is 3. The van der Waals surface area contributed by atoms with Crippen LogP contribution in [0.2, 0.25) is 5.02 Å². The Morgan fingerprint density at radius 3 is 3.05 bits per heavy atom. The van der Waals surface area contributed by atoms with Crippen molar-refractivity contribution in [3.8, 4) is 0 Å². The number of benzene rings is 1. The molecule has 7 heteroatoms. The molecule has 2 amide bonds. The van der Waals surface area contributed by atoms with E-state index in [2.05, 4.69) is 20.1 Å². The number of hydrogen-bond acceptors (Lipinski definition) is 3. The highest BCUT2D eigenvalue weighted by atomic mass is 35.5. The van der Waals surface area contributed by atoms with Gasteiger partial charge in [0, 0.05) is 31.6 Å². The van der Waals surface area contributed by atoms with Crippen molar-refractivity contribution in [2.75, 3.05) is 7.05 Å². The molecule has 2 aromatic rings. The van der Waals surface area contributed by atoms with Crippen molar-refractivity contribution in [2.45, 2.75) is 32.5 Å². The molecule has 1 aliphatic rings. The maximum atomic E-state index is 12.2. The summed E-state index contributed by atoms with van der Waals surface area (Å²) in [5, 5.41) is 11.8. The van der Waals surface area contributed by atoms with E-state index < -0.39 is 0 Å². The number of fused-ring (bicyclic) bond motifs is 1. The third kappa shape index (κ3) is 3.06. The third-order valence-corrected chi connectivity index (χ3v) is 4.16. The Kier molecular flexibility index (Phi) is 4.29. The molecular weight excluding hydrogens is 302 g/mol. The molecule has 0 radical (unpaired) electrons. The quantitative estimate of drug-likeness (QED) is 0.940. The standard InChI is InChI=1S/C15H18ClN5O/c1-20(10-11-5-2-3-6-12(11)16)15(22)17-9-14-19-18-13-7-4-8-21(13)14/h2-3,5-6H,4,7-10H2,1H3,(H,17,22). The summed E-state index contributed by atoms with van der Waals surface area (Å²) in [7, 11) is 1.74. The van der Waals surface area contributed by atoms with Gasteiger partial charge in [-0.1, -0.05) is 29.8 Å². The van der Waals surface area contributed by atoms with Crippen LogP contribution in [0.1, 0.15) is 23.6 Å². The zero-order valence-corrected chi connectivity index (χ0v) is 13.2. The number of rotatable bonds is 4. The summed E-state index contributed by atoms with van der Waals surface area (Å²) in [6.45, 7) is 1.78. The Bertz CT molecular complexity index is 684. The molecule has 1 aromatic heterocycles. The zero-order valence-electron chi connectivity index (χ0n) is 12.4. The molecule has 0 saturated carbocycles. The SMILES string of the molecule is CN(Cc1ccccc1Cl)C(=O)NCc1nnc2n1CCC2. The molecule has 0 aliphatic carbocycles. The predicted molar refractivity (Wildman–Crippen MR) is 83.5 cm³/mol. The van der Waals surface area contributed by atoms with Crippen LogP contribution in [-0.2, 0) is 26.1 Å². The molecule has 0 spiro atoms. The van der Waals surface area contributed by atoms with Gasteiger partial charge in [0.15, 0.2) is 5.82 Å². The molecule has 1 aliphatic heterocycles. The minimum Gasteiger partial charge on any atom is -0.331 e. The smallest absolute Gasteiger partial charge is 0.317 e. The lowest BCUT2D eigenvalue weighted by Crippen LogP contribution is -2.37. The second-order valence-electron chi connectivity index (χ2n) is 5.39. The molecule has 116 valence electrons. The number of amides is 2. The monoisotopic (exact) mass is 319 g/mol. The van der Waals surface area contributed by atoms with Crippen LogP contribution in [0.5, 0.6) is 0 Å². The normalized spacial score (nSPS) is 13.0.